The molecule has 1 aliphatic carbocycles. The number of ether oxygens (including phenoxy) is 1. The van der Waals surface area contributed by atoms with E-state index in [0.717, 1.165) is 24.2 Å². The number of thioether (sulfide) groups is 2. The second-order valence-corrected chi connectivity index (χ2v) is 9.74. The third kappa shape index (κ3) is 3.46. The summed E-state index contributed by atoms with van der Waals surface area (Å²) in [5.74, 6) is 0.526. The number of rotatable bonds is 4. The van der Waals surface area contributed by atoms with Crippen molar-refractivity contribution in [2.75, 3.05) is 38.8 Å². The van der Waals surface area contributed by atoms with E-state index in [0.29, 0.717) is 29.9 Å². The first-order valence-electron chi connectivity index (χ1n) is 10.4. The molecule has 1 fully saturated rings. The van der Waals surface area contributed by atoms with Crippen LogP contribution in [0.15, 0.2) is 68.7 Å². The number of hydrogen-bond donors (Lipinski definition) is 0. The van der Waals surface area contributed by atoms with E-state index in [2.05, 4.69) is 47.8 Å². The maximum Gasteiger partial charge on any atom is 0.197 e. The van der Waals surface area contributed by atoms with Crippen LogP contribution >= 0.6 is 23.5 Å². The number of para-hydroxylation sites is 1. The standard InChI is InChI=1S/C25H25NO3S2/c1-30-18-9-7-17(8-10-18)23-22-21(29-20-6-4-3-5-19(20)24(22)27)11-12-25(23,31-2)26-13-15-28-16-14-26/h3-12,23H,13-16H2,1-2H3. The van der Waals surface area contributed by atoms with Gasteiger partial charge in [-0.2, -0.15) is 0 Å². The van der Waals surface area contributed by atoms with E-state index < -0.39 is 0 Å². The van der Waals surface area contributed by atoms with Gasteiger partial charge in [-0.3, -0.25) is 9.69 Å². The second-order valence-electron chi connectivity index (χ2n) is 7.80. The molecule has 6 heteroatoms. The molecule has 1 aliphatic heterocycles. The summed E-state index contributed by atoms with van der Waals surface area (Å²) in [5.41, 5.74) is 2.58. The Hall–Kier alpha value is -1.99. The summed E-state index contributed by atoms with van der Waals surface area (Å²) in [6, 6.07) is 16.2. The molecule has 4 nitrogen and oxygen atoms in total. The van der Waals surface area contributed by atoms with Gasteiger partial charge >= 0.3 is 0 Å². The molecule has 160 valence electrons. The molecule has 5 rings (SSSR count). The Labute approximate surface area is 190 Å². The quantitative estimate of drug-likeness (QED) is 0.516. The highest BCUT2D eigenvalue weighted by atomic mass is 32.2. The Kier molecular flexibility index (Phi) is 5.73. The van der Waals surface area contributed by atoms with Gasteiger partial charge in [0.25, 0.3) is 0 Å². The summed E-state index contributed by atoms with van der Waals surface area (Å²) in [5, 5.41) is 0.638. The molecule has 1 aromatic heterocycles. The largest absolute Gasteiger partial charge is 0.456 e. The number of nitrogens with zero attached hydrogens (tertiary/aromatic N) is 1. The normalized spacial score (nSPS) is 23.7. The van der Waals surface area contributed by atoms with Crippen molar-refractivity contribution in [2.24, 2.45) is 0 Å². The molecule has 0 saturated carbocycles. The van der Waals surface area contributed by atoms with E-state index in [1.165, 1.54) is 4.90 Å². The van der Waals surface area contributed by atoms with E-state index >= 15 is 0 Å². The molecule has 2 aromatic carbocycles. The Balaban J connectivity index is 1.78. The summed E-state index contributed by atoms with van der Waals surface area (Å²) < 4.78 is 11.9. The van der Waals surface area contributed by atoms with Crippen molar-refractivity contribution < 1.29 is 9.15 Å². The van der Waals surface area contributed by atoms with Gasteiger partial charge in [0.2, 0.25) is 0 Å². The van der Waals surface area contributed by atoms with Crippen molar-refractivity contribution in [1.29, 1.82) is 0 Å². The van der Waals surface area contributed by atoms with Crippen molar-refractivity contribution in [1.82, 2.24) is 4.90 Å². The highest BCUT2D eigenvalue weighted by molar-refractivity contribution is 8.00. The molecule has 0 bridgehead atoms. The minimum absolute atomic E-state index is 0.0619. The summed E-state index contributed by atoms with van der Waals surface area (Å²) in [4.78, 5) is 17.1. The Morgan fingerprint density at radius 3 is 2.48 bits per heavy atom. The fourth-order valence-electron chi connectivity index (χ4n) is 4.79. The molecule has 31 heavy (non-hydrogen) atoms. The van der Waals surface area contributed by atoms with Gasteiger partial charge in [0.15, 0.2) is 5.43 Å². The van der Waals surface area contributed by atoms with Crippen molar-refractivity contribution in [3.63, 3.8) is 0 Å². The van der Waals surface area contributed by atoms with Crippen LogP contribution in [-0.2, 0) is 4.74 Å². The molecule has 2 atom stereocenters. The number of morpholine rings is 1. The predicted molar refractivity (Wildman–Crippen MR) is 130 cm³/mol. The van der Waals surface area contributed by atoms with Crippen LogP contribution in [0.5, 0.6) is 0 Å². The number of benzene rings is 2. The fraction of sp³-hybridized carbons (Fsp3) is 0.320. The lowest BCUT2D eigenvalue weighted by Gasteiger charge is -2.49. The summed E-state index contributed by atoms with van der Waals surface area (Å²) in [7, 11) is 0. The van der Waals surface area contributed by atoms with Gasteiger partial charge in [-0.1, -0.05) is 24.3 Å². The van der Waals surface area contributed by atoms with Gasteiger partial charge in [-0.25, -0.2) is 0 Å². The maximum absolute atomic E-state index is 13.8. The molecular weight excluding hydrogens is 426 g/mol. The monoisotopic (exact) mass is 451 g/mol. The Morgan fingerprint density at radius 2 is 1.77 bits per heavy atom. The zero-order valence-electron chi connectivity index (χ0n) is 17.7. The number of fused-ring (bicyclic) bond motifs is 2. The van der Waals surface area contributed by atoms with Gasteiger partial charge in [0, 0.05) is 23.9 Å². The van der Waals surface area contributed by atoms with Gasteiger partial charge in [-0.05, 0) is 54.5 Å². The van der Waals surface area contributed by atoms with Crippen LogP contribution in [0.2, 0.25) is 0 Å². The topological polar surface area (TPSA) is 42.7 Å². The molecule has 1 saturated heterocycles. The molecule has 0 radical (unpaired) electrons. The lowest BCUT2D eigenvalue weighted by molar-refractivity contribution is 0.0145. The molecular formula is C25H25NO3S2. The SMILES string of the molecule is CSc1ccc(C2c3c(oc4ccccc4c3=O)C=CC2(SC)N2CCOCC2)cc1. The van der Waals surface area contributed by atoms with E-state index in [1.807, 2.05) is 30.3 Å². The first-order chi connectivity index (χ1) is 15.2. The van der Waals surface area contributed by atoms with Crippen LogP contribution in [0.25, 0.3) is 17.0 Å². The third-order valence-corrected chi connectivity index (χ3v) is 8.35. The van der Waals surface area contributed by atoms with E-state index in [4.69, 9.17) is 9.15 Å². The molecule has 2 heterocycles. The summed E-state index contributed by atoms with van der Waals surface area (Å²) in [6.07, 6.45) is 8.45. The van der Waals surface area contributed by atoms with E-state index in [1.54, 1.807) is 23.5 Å². The zero-order chi connectivity index (χ0) is 21.4. The molecule has 0 N–H and O–H groups in total. The smallest absolute Gasteiger partial charge is 0.197 e. The minimum atomic E-state index is -0.380. The second kappa shape index (κ2) is 8.51. The van der Waals surface area contributed by atoms with Crippen LogP contribution < -0.4 is 5.43 Å². The molecule has 2 unspecified atom stereocenters. The van der Waals surface area contributed by atoms with Crippen LogP contribution in [0.1, 0.15) is 22.8 Å². The highest BCUT2D eigenvalue weighted by Gasteiger charge is 2.48. The van der Waals surface area contributed by atoms with Crippen LogP contribution in [0.3, 0.4) is 0 Å². The Bertz CT molecular complexity index is 1180. The molecule has 0 spiro atoms. The van der Waals surface area contributed by atoms with Gasteiger partial charge in [-0.15, -0.1) is 23.5 Å². The Morgan fingerprint density at radius 1 is 1.03 bits per heavy atom. The van der Waals surface area contributed by atoms with Crippen LogP contribution in [-0.4, -0.2) is 48.6 Å². The average molecular weight is 452 g/mol. The third-order valence-electron chi connectivity index (χ3n) is 6.32. The van der Waals surface area contributed by atoms with Gasteiger partial charge in [0.05, 0.1) is 29.0 Å². The van der Waals surface area contributed by atoms with E-state index in [9.17, 15) is 4.79 Å². The first-order valence-corrected chi connectivity index (χ1v) is 12.9. The van der Waals surface area contributed by atoms with E-state index in [-0.39, 0.29) is 16.2 Å². The number of hydrogen-bond acceptors (Lipinski definition) is 6. The lowest BCUT2D eigenvalue weighted by atomic mass is 9.79. The van der Waals surface area contributed by atoms with Gasteiger partial charge in [0.1, 0.15) is 11.3 Å². The van der Waals surface area contributed by atoms with Crippen molar-refractivity contribution in [3.8, 4) is 0 Å². The molecule has 2 aliphatic rings. The summed E-state index contributed by atoms with van der Waals surface area (Å²) in [6.45, 7) is 3.07. The van der Waals surface area contributed by atoms with Crippen LogP contribution in [0, 0.1) is 0 Å². The lowest BCUT2D eigenvalue weighted by Crippen LogP contribution is -2.55. The van der Waals surface area contributed by atoms with Crippen molar-refractivity contribution in [3.05, 3.63) is 81.7 Å². The highest BCUT2D eigenvalue weighted by Crippen LogP contribution is 2.50. The molecule has 0 amide bonds. The summed E-state index contributed by atoms with van der Waals surface area (Å²) >= 11 is 3.51. The maximum atomic E-state index is 13.8. The zero-order valence-corrected chi connectivity index (χ0v) is 19.3. The van der Waals surface area contributed by atoms with Gasteiger partial charge < -0.3 is 9.15 Å². The van der Waals surface area contributed by atoms with Crippen molar-refractivity contribution in [2.45, 2.75) is 15.7 Å². The van der Waals surface area contributed by atoms with Crippen molar-refractivity contribution >= 4 is 40.6 Å². The molecule has 3 aromatic rings. The fourth-order valence-corrected chi connectivity index (χ4v) is 6.33. The minimum Gasteiger partial charge on any atom is -0.456 e. The average Bonchev–Trinajstić information content (AvgIpc) is 2.84. The predicted octanol–water partition coefficient (Wildman–Crippen LogP) is 5.07. The van der Waals surface area contributed by atoms with Crippen LogP contribution in [0.4, 0.5) is 0 Å². The first kappa shape index (κ1) is 20.9.